The molecule has 0 aliphatic carbocycles. The van der Waals surface area contributed by atoms with Gasteiger partial charge in [0, 0.05) is 23.7 Å². The first-order valence-electron chi connectivity index (χ1n) is 5.92. The zero-order valence-corrected chi connectivity index (χ0v) is 11.4. The van der Waals surface area contributed by atoms with Crippen LogP contribution >= 0.6 is 11.8 Å². The molecular weight excluding hydrogens is 242 g/mol. The maximum atomic E-state index is 6.26. The second-order valence-electron chi connectivity index (χ2n) is 4.29. The smallest absolute Gasteiger partial charge is 0.187 e. The van der Waals surface area contributed by atoms with E-state index in [1.807, 2.05) is 6.07 Å². The van der Waals surface area contributed by atoms with E-state index in [-0.39, 0.29) is 11.3 Å². The molecule has 0 spiro atoms. The number of nitrogens with zero attached hydrogens (tertiary/aromatic N) is 2. The highest BCUT2D eigenvalue weighted by molar-refractivity contribution is 7.99. The number of nitrogens with two attached hydrogens (primary N) is 1. The van der Waals surface area contributed by atoms with Crippen LogP contribution in [0.4, 0.5) is 0 Å². The predicted molar refractivity (Wildman–Crippen MR) is 75.5 cm³/mol. The molecule has 94 valence electrons. The summed E-state index contributed by atoms with van der Waals surface area (Å²) < 4.78 is 0. The van der Waals surface area contributed by atoms with Crippen LogP contribution in [0.5, 0.6) is 0 Å². The summed E-state index contributed by atoms with van der Waals surface area (Å²) in [5.74, 6) is 0. The normalized spacial score (nSPS) is 14.2. The quantitative estimate of drug-likeness (QED) is 0.677. The molecule has 0 fully saturated rings. The van der Waals surface area contributed by atoms with E-state index in [0.29, 0.717) is 0 Å². The van der Waals surface area contributed by atoms with Crippen LogP contribution < -0.4 is 5.73 Å². The second kappa shape index (κ2) is 5.98. The SMILES string of the molecule is Cc1ccc(C(N)C(C)Sc2ncccn2)cc1. The summed E-state index contributed by atoms with van der Waals surface area (Å²) in [6.45, 7) is 4.18. The van der Waals surface area contributed by atoms with E-state index >= 15 is 0 Å². The Labute approximate surface area is 112 Å². The summed E-state index contributed by atoms with van der Waals surface area (Å²) in [6.07, 6.45) is 3.50. The van der Waals surface area contributed by atoms with Crippen molar-refractivity contribution >= 4 is 11.8 Å². The fraction of sp³-hybridized carbons (Fsp3) is 0.286. The van der Waals surface area contributed by atoms with Gasteiger partial charge in [0.05, 0.1) is 0 Å². The molecule has 0 bridgehead atoms. The molecule has 0 saturated heterocycles. The number of hydrogen-bond acceptors (Lipinski definition) is 4. The topological polar surface area (TPSA) is 51.8 Å². The van der Waals surface area contributed by atoms with Gasteiger partial charge in [-0.05, 0) is 18.6 Å². The third-order valence-electron chi connectivity index (χ3n) is 2.80. The van der Waals surface area contributed by atoms with Crippen LogP contribution in [0.2, 0.25) is 0 Å². The number of aryl methyl sites for hydroxylation is 1. The van der Waals surface area contributed by atoms with Gasteiger partial charge in [0.2, 0.25) is 0 Å². The van der Waals surface area contributed by atoms with Gasteiger partial charge in [-0.3, -0.25) is 0 Å². The first kappa shape index (κ1) is 13.1. The predicted octanol–water partition coefficient (Wildman–Crippen LogP) is 2.97. The van der Waals surface area contributed by atoms with Gasteiger partial charge in [-0.1, -0.05) is 48.5 Å². The highest BCUT2D eigenvalue weighted by atomic mass is 32.2. The fourth-order valence-corrected chi connectivity index (χ4v) is 2.53. The molecule has 0 aliphatic heterocycles. The lowest BCUT2D eigenvalue weighted by atomic mass is 10.0. The first-order chi connectivity index (χ1) is 8.66. The summed E-state index contributed by atoms with van der Waals surface area (Å²) in [5.41, 5.74) is 8.66. The van der Waals surface area contributed by atoms with Gasteiger partial charge in [0.1, 0.15) is 0 Å². The van der Waals surface area contributed by atoms with Crippen molar-refractivity contribution in [3.8, 4) is 0 Å². The van der Waals surface area contributed by atoms with Crippen molar-refractivity contribution in [3.05, 3.63) is 53.9 Å². The van der Waals surface area contributed by atoms with Crippen molar-refractivity contribution in [1.82, 2.24) is 9.97 Å². The Kier molecular flexibility index (Phi) is 4.33. The molecule has 1 heterocycles. The molecular formula is C14H17N3S. The van der Waals surface area contributed by atoms with Gasteiger partial charge in [-0.15, -0.1) is 0 Å². The average molecular weight is 259 g/mol. The Hall–Kier alpha value is -1.39. The van der Waals surface area contributed by atoms with Gasteiger partial charge in [-0.25, -0.2) is 9.97 Å². The summed E-state index contributed by atoms with van der Waals surface area (Å²) >= 11 is 1.60. The Balaban J connectivity index is 2.05. The lowest BCUT2D eigenvalue weighted by Gasteiger charge is -2.19. The van der Waals surface area contributed by atoms with Crippen molar-refractivity contribution < 1.29 is 0 Å². The molecule has 18 heavy (non-hydrogen) atoms. The van der Waals surface area contributed by atoms with E-state index in [1.54, 1.807) is 24.2 Å². The molecule has 2 rings (SSSR count). The minimum Gasteiger partial charge on any atom is -0.323 e. The molecule has 0 radical (unpaired) electrons. The van der Waals surface area contributed by atoms with Crippen LogP contribution in [0, 0.1) is 6.92 Å². The molecule has 1 aromatic heterocycles. The Morgan fingerprint density at radius 3 is 2.33 bits per heavy atom. The maximum Gasteiger partial charge on any atom is 0.187 e. The van der Waals surface area contributed by atoms with Crippen LogP contribution in [-0.4, -0.2) is 15.2 Å². The molecule has 2 N–H and O–H groups in total. The Bertz CT molecular complexity index is 484. The maximum absolute atomic E-state index is 6.26. The van der Waals surface area contributed by atoms with E-state index in [0.717, 1.165) is 10.7 Å². The van der Waals surface area contributed by atoms with Gasteiger partial charge in [0.25, 0.3) is 0 Å². The highest BCUT2D eigenvalue weighted by Gasteiger charge is 2.16. The number of hydrogen-bond donors (Lipinski definition) is 1. The average Bonchev–Trinajstić information content (AvgIpc) is 2.40. The second-order valence-corrected chi connectivity index (χ2v) is 5.64. The van der Waals surface area contributed by atoms with Gasteiger partial charge in [0.15, 0.2) is 5.16 Å². The Morgan fingerprint density at radius 2 is 1.72 bits per heavy atom. The summed E-state index contributed by atoms with van der Waals surface area (Å²) in [7, 11) is 0. The van der Waals surface area contributed by atoms with Gasteiger partial charge >= 0.3 is 0 Å². The van der Waals surface area contributed by atoms with Crippen molar-refractivity contribution in [2.75, 3.05) is 0 Å². The fourth-order valence-electron chi connectivity index (χ4n) is 1.65. The molecule has 2 atom stereocenters. The van der Waals surface area contributed by atoms with Gasteiger partial charge in [-0.2, -0.15) is 0 Å². The molecule has 1 aromatic carbocycles. The van der Waals surface area contributed by atoms with Crippen LogP contribution in [0.15, 0.2) is 47.9 Å². The summed E-state index contributed by atoms with van der Waals surface area (Å²) in [4.78, 5) is 8.41. The standard InChI is InChI=1S/C14H17N3S/c1-10-4-6-12(7-5-10)13(15)11(2)18-14-16-8-3-9-17-14/h3-9,11,13H,15H2,1-2H3. The molecule has 4 heteroatoms. The van der Waals surface area contributed by atoms with Crippen molar-refractivity contribution in [2.45, 2.75) is 30.3 Å². The van der Waals surface area contributed by atoms with E-state index in [1.165, 1.54) is 5.56 Å². The van der Waals surface area contributed by atoms with Crippen LogP contribution in [0.25, 0.3) is 0 Å². The lowest BCUT2D eigenvalue weighted by molar-refractivity contribution is 0.711. The van der Waals surface area contributed by atoms with E-state index < -0.39 is 0 Å². The molecule has 0 saturated carbocycles. The third-order valence-corrected chi connectivity index (χ3v) is 3.89. The highest BCUT2D eigenvalue weighted by Crippen LogP contribution is 2.28. The van der Waals surface area contributed by atoms with Crippen molar-refractivity contribution in [2.24, 2.45) is 5.73 Å². The zero-order chi connectivity index (χ0) is 13.0. The molecule has 0 aliphatic rings. The number of aromatic nitrogens is 2. The van der Waals surface area contributed by atoms with Crippen LogP contribution in [0.3, 0.4) is 0 Å². The summed E-state index contributed by atoms with van der Waals surface area (Å²) in [6, 6.07) is 10.1. The molecule has 2 unspecified atom stereocenters. The van der Waals surface area contributed by atoms with E-state index in [4.69, 9.17) is 5.73 Å². The lowest BCUT2D eigenvalue weighted by Crippen LogP contribution is -2.21. The third kappa shape index (κ3) is 3.31. The monoisotopic (exact) mass is 259 g/mol. The first-order valence-corrected chi connectivity index (χ1v) is 6.80. The summed E-state index contributed by atoms with van der Waals surface area (Å²) in [5, 5.41) is 1.00. The molecule has 0 amide bonds. The molecule has 2 aromatic rings. The minimum atomic E-state index is -0.0144. The Morgan fingerprint density at radius 1 is 1.11 bits per heavy atom. The van der Waals surface area contributed by atoms with Gasteiger partial charge < -0.3 is 5.73 Å². The molecule has 3 nitrogen and oxygen atoms in total. The van der Waals surface area contributed by atoms with Crippen LogP contribution in [0.1, 0.15) is 24.1 Å². The minimum absolute atomic E-state index is 0.0144. The van der Waals surface area contributed by atoms with E-state index in [2.05, 4.69) is 48.1 Å². The number of benzene rings is 1. The van der Waals surface area contributed by atoms with Crippen LogP contribution in [-0.2, 0) is 0 Å². The number of thioether (sulfide) groups is 1. The largest absolute Gasteiger partial charge is 0.323 e. The number of rotatable bonds is 4. The van der Waals surface area contributed by atoms with E-state index in [9.17, 15) is 0 Å². The van der Waals surface area contributed by atoms with Crippen molar-refractivity contribution in [3.63, 3.8) is 0 Å². The van der Waals surface area contributed by atoms with Crippen molar-refractivity contribution in [1.29, 1.82) is 0 Å². The zero-order valence-electron chi connectivity index (χ0n) is 10.6.